The summed E-state index contributed by atoms with van der Waals surface area (Å²) >= 11 is 0. The van der Waals surface area contributed by atoms with Crippen molar-refractivity contribution in [1.82, 2.24) is 0 Å². The van der Waals surface area contributed by atoms with Gasteiger partial charge in [0.15, 0.2) is 0 Å². The van der Waals surface area contributed by atoms with E-state index in [1.165, 1.54) is 57.8 Å². The lowest BCUT2D eigenvalue weighted by molar-refractivity contribution is -0.132. The maximum Gasteiger partial charge on any atom is 0.330 e. The molecule has 0 unspecified atom stereocenters. The van der Waals surface area contributed by atoms with E-state index in [0.29, 0.717) is 5.57 Å². The second-order valence-electron chi connectivity index (χ2n) is 6.87. The van der Waals surface area contributed by atoms with Crippen molar-refractivity contribution < 1.29 is 9.90 Å². The molecule has 130 valence electrons. The van der Waals surface area contributed by atoms with Gasteiger partial charge in [-0.15, -0.1) is 0 Å². The summed E-state index contributed by atoms with van der Waals surface area (Å²) in [6.45, 7) is 8.45. The number of unbranched alkanes of at least 4 members (excludes halogenated alkanes) is 6. The molecule has 0 amide bonds. The van der Waals surface area contributed by atoms with E-state index in [4.69, 9.17) is 0 Å². The Morgan fingerprint density at radius 1 is 0.818 bits per heavy atom. The fourth-order valence-corrected chi connectivity index (χ4v) is 3.29. The van der Waals surface area contributed by atoms with Crippen LogP contribution in [0.3, 0.4) is 0 Å². The standard InChI is InChI=1S/C20H38O2/c1-5-8-11-14-20(15-12-9-6-2,16-13-10-7-3)17-18(4)19(21)22/h17H,5-16H2,1-4H3,(H,21,22)/b18-17+. The molecule has 0 fully saturated rings. The third-order valence-corrected chi connectivity index (χ3v) is 4.69. The van der Waals surface area contributed by atoms with Crippen LogP contribution in [0.25, 0.3) is 0 Å². The molecule has 0 aromatic carbocycles. The molecule has 0 spiro atoms. The van der Waals surface area contributed by atoms with Gasteiger partial charge >= 0.3 is 5.97 Å². The molecule has 1 N–H and O–H groups in total. The van der Waals surface area contributed by atoms with Crippen LogP contribution in [0.15, 0.2) is 11.6 Å². The fraction of sp³-hybridized carbons (Fsp3) is 0.850. The van der Waals surface area contributed by atoms with Crippen molar-refractivity contribution in [3.63, 3.8) is 0 Å². The fourth-order valence-electron chi connectivity index (χ4n) is 3.29. The van der Waals surface area contributed by atoms with Crippen LogP contribution in [0, 0.1) is 5.41 Å². The summed E-state index contributed by atoms with van der Waals surface area (Å²) in [4.78, 5) is 11.3. The van der Waals surface area contributed by atoms with Gasteiger partial charge in [-0.1, -0.05) is 84.6 Å². The minimum atomic E-state index is -0.758. The van der Waals surface area contributed by atoms with Crippen LogP contribution in [0.2, 0.25) is 0 Å². The van der Waals surface area contributed by atoms with E-state index < -0.39 is 5.97 Å². The number of hydrogen-bond acceptors (Lipinski definition) is 1. The first kappa shape index (κ1) is 21.2. The maximum absolute atomic E-state index is 11.3. The molecule has 0 aliphatic carbocycles. The lowest BCUT2D eigenvalue weighted by Gasteiger charge is -2.32. The second kappa shape index (κ2) is 12.7. The summed E-state index contributed by atoms with van der Waals surface area (Å²) in [7, 11) is 0. The van der Waals surface area contributed by atoms with Gasteiger partial charge in [0, 0.05) is 5.57 Å². The van der Waals surface area contributed by atoms with E-state index in [1.54, 1.807) is 6.92 Å². The predicted molar refractivity (Wildman–Crippen MR) is 96.3 cm³/mol. The molecule has 0 aromatic rings. The maximum atomic E-state index is 11.3. The summed E-state index contributed by atoms with van der Waals surface area (Å²) in [6, 6.07) is 0. The quantitative estimate of drug-likeness (QED) is 0.285. The lowest BCUT2D eigenvalue weighted by atomic mass is 9.73. The SMILES string of the molecule is CCCCCC(/C=C(\C)C(=O)O)(CCCCC)CCCCC. The van der Waals surface area contributed by atoms with Crippen LogP contribution in [0.5, 0.6) is 0 Å². The Morgan fingerprint density at radius 3 is 1.45 bits per heavy atom. The normalized spacial score (nSPS) is 12.6. The molecule has 0 radical (unpaired) electrons. The van der Waals surface area contributed by atoms with E-state index in [2.05, 4.69) is 26.8 Å². The zero-order valence-corrected chi connectivity index (χ0v) is 15.4. The molecule has 0 aromatic heterocycles. The van der Waals surface area contributed by atoms with Gasteiger partial charge in [-0.3, -0.25) is 0 Å². The Labute approximate surface area is 138 Å². The molecule has 0 heterocycles. The monoisotopic (exact) mass is 310 g/mol. The topological polar surface area (TPSA) is 37.3 Å². The smallest absolute Gasteiger partial charge is 0.330 e. The van der Waals surface area contributed by atoms with Crippen molar-refractivity contribution in [2.45, 2.75) is 105 Å². The number of aliphatic carboxylic acids is 1. The van der Waals surface area contributed by atoms with Crippen molar-refractivity contribution in [2.75, 3.05) is 0 Å². The molecule has 2 heteroatoms. The third-order valence-electron chi connectivity index (χ3n) is 4.69. The minimum Gasteiger partial charge on any atom is -0.478 e. The Hall–Kier alpha value is -0.790. The van der Waals surface area contributed by atoms with Crippen molar-refractivity contribution in [2.24, 2.45) is 5.41 Å². The average Bonchev–Trinajstić information content (AvgIpc) is 2.48. The van der Waals surface area contributed by atoms with Gasteiger partial charge in [-0.05, 0) is 31.6 Å². The highest BCUT2D eigenvalue weighted by Gasteiger charge is 2.27. The number of rotatable bonds is 14. The molecule has 22 heavy (non-hydrogen) atoms. The summed E-state index contributed by atoms with van der Waals surface area (Å²) < 4.78 is 0. The van der Waals surface area contributed by atoms with Crippen molar-refractivity contribution in [1.29, 1.82) is 0 Å². The molecule has 0 atom stereocenters. The first-order valence-electron chi connectivity index (χ1n) is 9.44. The molecule has 0 saturated heterocycles. The molecular formula is C20H38O2. The summed E-state index contributed by atoms with van der Waals surface area (Å²) in [5, 5.41) is 9.29. The zero-order chi connectivity index (χ0) is 16.8. The minimum absolute atomic E-state index is 0.113. The molecule has 0 aliphatic heterocycles. The van der Waals surface area contributed by atoms with E-state index in [0.717, 1.165) is 19.3 Å². The van der Waals surface area contributed by atoms with Gasteiger partial charge in [0.1, 0.15) is 0 Å². The molecule has 0 bridgehead atoms. The van der Waals surface area contributed by atoms with Crippen LogP contribution < -0.4 is 0 Å². The molecular weight excluding hydrogens is 272 g/mol. The van der Waals surface area contributed by atoms with Gasteiger partial charge in [0.05, 0.1) is 0 Å². The van der Waals surface area contributed by atoms with Crippen molar-refractivity contribution >= 4 is 5.97 Å². The van der Waals surface area contributed by atoms with E-state index in [-0.39, 0.29) is 5.41 Å². The number of carboxylic acids is 1. The summed E-state index contributed by atoms with van der Waals surface area (Å²) in [5.74, 6) is -0.758. The van der Waals surface area contributed by atoms with Gasteiger partial charge in [0.25, 0.3) is 0 Å². The van der Waals surface area contributed by atoms with Crippen LogP contribution in [0.1, 0.15) is 105 Å². The van der Waals surface area contributed by atoms with E-state index in [9.17, 15) is 9.90 Å². The Kier molecular flexibility index (Phi) is 12.3. The Balaban J connectivity index is 5.08. The van der Waals surface area contributed by atoms with Crippen LogP contribution in [0.4, 0.5) is 0 Å². The van der Waals surface area contributed by atoms with Gasteiger partial charge in [-0.25, -0.2) is 4.79 Å². The third kappa shape index (κ3) is 9.27. The van der Waals surface area contributed by atoms with E-state index >= 15 is 0 Å². The second-order valence-corrected chi connectivity index (χ2v) is 6.87. The molecule has 2 nitrogen and oxygen atoms in total. The predicted octanol–water partition coefficient (Wildman–Crippen LogP) is 6.74. The van der Waals surface area contributed by atoms with E-state index in [1.807, 2.05) is 0 Å². The zero-order valence-electron chi connectivity index (χ0n) is 15.4. The van der Waals surface area contributed by atoms with Crippen molar-refractivity contribution in [3.05, 3.63) is 11.6 Å². The average molecular weight is 311 g/mol. The van der Waals surface area contributed by atoms with Crippen molar-refractivity contribution in [3.8, 4) is 0 Å². The highest BCUT2D eigenvalue weighted by Crippen LogP contribution is 2.39. The van der Waals surface area contributed by atoms with Crippen LogP contribution in [-0.2, 0) is 4.79 Å². The Morgan fingerprint density at radius 2 is 1.18 bits per heavy atom. The van der Waals surface area contributed by atoms with Gasteiger partial charge < -0.3 is 5.11 Å². The van der Waals surface area contributed by atoms with Gasteiger partial charge in [-0.2, -0.15) is 0 Å². The summed E-state index contributed by atoms with van der Waals surface area (Å²) in [5.41, 5.74) is 0.645. The first-order chi connectivity index (χ1) is 10.5. The first-order valence-corrected chi connectivity index (χ1v) is 9.44. The molecule has 0 aliphatic rings. The number of carbonyl (C=O) groups is 1. The van der Waals surface area contributed by atoms with Crippen LogP contribution in [-0.4, -0.2) is 11.1 Å². The number of hydrogen-bond donors (Lipinski definition) is 1. The Bertz CT molecular complexity index is 291. The highest BCUT2D eigenvalue weighted by molar-refractivity contribution is 5.85. The molecule has 0 rings (SSSR count). The molecule has 0 saturated carbocycles. The largest absolute Gasteiger partial charge is 0.478 e. The van der Waals surface area contributed by atoms with Crippen LogP contribution >= 0.6 is 0 Å². The van der Waals surface area contributed by atoms with Gasteiger partial charge in [0.2, 0.25) is 0 Å². The lowest BCUT2D eigenvalue weighted by Crippen LogP contribution is -2.20. The highest BCUT2D eigenvalue weighted by atomic mass is 16.4. The summed E-state index contributed by atoms with van der Waals surface area (Å²) in [6.07, 6.45) is 16.7. The number of carboxylic acid groups (broad SMARTS) is 1. The number of allylic oxidation sites excluding steroid dienone is 1.